The van der Waals surface area contributed by atoms with Crippen molar-refractivity contribution in [3.05, 3.63) is 23.8 Å². The lowest BCUT2D eigenvalue weighted by molar-refractivity contribution is 0.0803. The SMILES string of the molecule is CC(C)c1ccoc1-c1noc(C2(C)CC3CCC2O3)n1. The largest absolute Gasteiger partial charge is 0.461 e. The second-order valence-electron chi connectivity index (χ2n) is 6.73. The molecule has 0 aliphatic carbocycles. The molecule has 112 valence electrons. The van der Waals surface area contributed by atoms with Crippen molar-refractivity contribution in [1.29, 1.82) is 0 Å². The fourth-order valence-electron chi connectivity index (χ4n) is 3.66. The standard InChI is InChI=1S/C16H20N2O3/c1-9(2)11-6-7-19-13(11)14-17-15(21-18-14)16(3)8-10-4-5-12(16)20-10/h6-7,9-10,12H,4-5,8H2,1-3H3. The Labute approximate surface area is 123 Å². The highest BCUT2D eigenvalue weighted by Gasteiger charge is 2.53. The minimum absolute atomic E-state index is 0.154. The third kappa shape index (κ3) is 1.87. The maximum atomic E-state index is 5.95. The molecule has 4 heterocycles. The van der Waals surface area contributed by atoms with Crippen LogP contribution in [0.5, 0.6) is 0 Å². The summed E-state index contributed by atoms with van der Waals surface area (Å²) in [7, 11) is 0. The van der Waals surface area contributed by atoms with E-state index in [0.717, 1.165) is 24.8 Å². The molecule has 0 aromatic carbocycles. The molecular weight excluding hydrogens is 268 g/mol. The Morgan fingerprint density at radius 2 is 2.19 bits per heavy atom. The third-order valence-electron chi connectivity index (χ3n) is 4.91. The van der Waals surface area contributed by atoms with E-state index in [2.05, 4.69) is 30.9 Å². The lowest BCUT2D eigenvalue weighted by Gasteiger charge is -2.26. The molecule has 3 unspecified atom stereocenters. The summed E-state index contributed by atoms with van der Waals surface area (Å²) in [6, 6.07) is 1.97. The zero-order valence-corrected chi connectivity index (χ0v) is 12.6. The van der Waals surface area contributed by atoms with Crippen molar-refractivity contribution < 1.29 is 13.7 Å². The molecule has 5 nitrogen and oxygen atoms in total. The van der Waals surface area contributed by atoms with E-state index < -0.39 is 0 Å². The molecule has 0 N–H and O–H groups in total. The number of ether oxygens (including phenoxy) is 1. The van der Waals surface area contributed by atoms with Crippen molar-refractivity contribution in [3.8, 4) is 11.6 Å². The molecule has 0 radical (unpaired) electrons. The number of nitrogens with zero attached hydrogens (tertiary/aromatic N) is 2. The van der Waals surface area contributed by atoms with Crippen LogP contribution >= 0.6 is 0 Å². The smallest absolute Gasteiger partial charge is 0.238 e. The van der Waals surface area contributed by atoms with Gasteiger partial charge in [0.15, 0.2) is 5.76 Å². The Kier molecular flexibility index (Phi) is 2.76. The first-order chi connectivity index (χ1) is 10.1. The van der Waals surface area contributed by atoms with Crippen LogP contribution in [0, 0.1) is 0 Å². The summed E-state index contributed by atoms with van der Waals surface area (Å²) in [4.78, 5) is 4.62. The maximum Gasteiger partial charge on any atom is 0.238 e. The quantitative estimate of drug-likeness (QED) is 0.862. The van der Waals surface area contributed by atoms with Crippen LogP contribution in [0.25, 0.3) is 11.6 Å². The summed E-state index contributed by atoms with van der Waals surface area (Å²) < 4.78 is 17.1. The van der Waals surface area contributed by atoms with Gasteiger partial charge in [0, 0.05) is 5.56 Å². The second-order valence-corrected chi connectivity index (χ2v) is 6.73. The topological polar surface area (TPSA) is 61.3 Å². The van der Waals surface area contributed by atoms with Gasteiger partial charge in [0.2, 0.25) is 11.7 Å². The van der Waals surface area contributed by atoms with Gasteiger partial charge in [0.05, 0.1) is 23.9 Å². The molecule has 3 atom stereocenters. The van der Waals surface area contributed by atoms with Crippen LogP contribution in [0.2, 0.25) is 0 Å². The summed E-state index contributed by atoms with van der Waals surface area (Å²) >= 11 is 0. The normalized spacial score (nSPS) is 31.4. The molecule has 0 spiro atoms. The van der Waals surface area contributed by atoms with E-state index in [9.17, 15) is 0 Å². The first kappa shape index (κ1) is 13.1. The number of hydrogen-bond donors (Lipinski definition) is 0. The van der Waals surface area contributed by atoms with E-state index >= 15 is 0 Å². The van der Waals surface area contributed by atoms with Crippen LogP contribution in [0.1, 0.15) is 57.4 Å². The Morgan fingerprint density at radius 1 is 1.33 bits per heavy atom. The first-order valence-corrected chi connectivity index (χ1v) is 7.65. The van der Waals surface area contributed by atoms with E-state index in [1.54, 1.807) is 6.26 Å². The van der Waals surface area contributed by atoms with Gasteiger partial charge >= 0.3 is 0 Å². The number of fused-ring (bicyclic) bond motifs is 2. The summed E-state index contributed by atoms with van der Waals surface area (Å²) in [5.74, 6) is 2.30. The highest BCUT2D eigenvalue weighted by Crippen LogP contribution is 2.48. The van der Waals surface area contributed by atoms with Crippen LogP contribution in [0.15, 0.2) is 21.3 Å². The molecule has 2 saturated heterocycles. The van der Waals surface area contributed by atoms with Crippen molar-refractivity contribution in [3.63, 3.8) is 0 Å². The second kappa shape index (κ2) is 4.44. The summed E-state index contributed by atoms with van der Waals surface area (Å²) in [6.45, 7) is 6.42. The molecule has 2 bridgehead atoms. The van der Waals surface area contributed by atoms with Crippen LogP contribution in [-0.2, 0) is 10.2 Å². The predicted molar refractivity (Wildman–Crippen MR) is 76.0 cm³/mol. The fourth-order valence-corrected chi connectivity index (χ4v) is 3.66. The van der Waals surface area contributed by atoms with E-state index in [-0.39, 0.29) is 11.5 Å². The molecule has 0 saturated carbocycles. The van der Waals surface area contributed by atoms with Gasteiger partial charge in [-0.05, 0) is 38.2 Å². The van der Waals surface area contributed by atoms with E-state index in [4.69, 9.17) is 13.7 Å². The Morgan fingerprint density at radius 3 is 2.86 bits per heavy atom. The highest BCUT2D eigenvalue weighted by atomic mass is 16.5. The molecule has 2 aromatic heterocycles. The number of aromatic nitrogens is 2. The number of rotatable bonds is 3. The van der Waals surface area contributed by atoms with Crippen molar-refractivity contribution in [2.24, 2.45) is 0 Å². The van der Waals surface area contributed by atoms with Gasteiger partial charge in [-0.3, -0.25) is 0 Å². The fraction of sp³-hybridized carbons (Fsp3) is 0.625. The lowest BCUT2D eigenvalue weighted by Crippen LogP contribution is -2.34. The molecule has 5 heteroatoms. The molecule has 2 aromatic rings. The predicted octanol–water partition coefficient (Wildman–Crippen LogP) is 3.66. The van der Waals surface area contributed by atoms with E-state index in [1.165, 1.54) is 0 Å². The minimum atomic E-state index is -0.154. The van der Waals surface area contributed by atoms with Gasteiger partial charge in [-0.1, -0.05) is 19.0 Å². The van der Waals surface area contributed by atoms with Crippen LogP contribution in [0.3, 0.4) is 0 Å². The van der Waals surface area contributed by atoms with Gasteiger partial charge in [0.1, 0.15) is 0 Å². The Balaban J connectivity index is 1.69. The molecule has 21 heavy (non-hydrogen) atoms. The molecule has 4 rings (SSSR count). The molecule has 2 fully saturated rings. The minimum Gasteiger partial charge on any atom is -0.461 e. The summed E-state index contributed by atoms with van der Waals surface area (Å²) in [5, 5.41) is 4.14. The van der Waals surface area contributed by atoms with Crippen LogP contribution in [-0.4, -0.2) is 22.3 Å². The molecule has 2 aliphatic rings. The van der Waals surface area contributed by atoms with Gasteiger partial charge in [0.25, 0.3) is 0 Å². The molecular formula is C16H20N2O3. The number of hydrogen-bond acceptors (Lipinski definition) is 5. The first-order valence-electron chi connectivity index (χ1n) is 7.65. The van der Waals surface area contributed by atoms with Crippen molar-refractivity contribution in [2.75, 3.05) is 0 Å². The van der Waals surface area contributed by atoms with E-state index in [0.29, 0.717) is 29.5 Å². The highest BCUT2D eigenvalue weighted by molar-refractivity contribution is 5.53. The average molecular weight is 288 g/mol. The van der Waals surface area contributed by atoms with Gasteiger partial charge in [-0.25, -0.2) is 0 Å². The Bertz CT molecular complexity index is 660. The zero-order chi connectivity index (χ0) is 14.6. The van der Waals surface area contributed by atoms with Gasteiger partial charge in [-0.15, -0.1) is 0 Å². The third-order valence-corrected chi connectivity index (χ3v) is 4.91. The average Bonchev–Trinajstić information content (AvgIpc) is 3.20. The van der Waals surface area contributed by atoms with Crippen molar-refractivity contribution in [1.82, 2.24) is 10.1 Å². The molecule has 0 amide bonds. The van der Waals surface area contributed by atoms with Gasteiger partial charge < -0.3 is 13.7 Å². The van der Waals surface area contributed by atoms with E-state index in [1.807, 2.05) is 6.07 Å². The summed E-state index contributed by atoms with van der Waals surface area (Å²) in [6.07, 6.45) is 5.44. The monoisotopic (exact) mass is 288 g/mol. The van der Waals surface area contributed by atoms with Crippen LogP contribution in [0.4, 0.5) is 0 Å². The van der Waals surface area contributed by atoms with Gasteiger partial charge in [-0.2, -0.15) is 4.98 Å². The van der Waals surface area contributed by atoms with Crippen molar-refractivity contribution >= 4 is 0 Å². The maximum absolute atomic E-state index is 5.95. The zero-order valence-electron chi connectivity index (χ0n) is 12.6. The molecule has 2 aliphatic heterocycles. The summed E-state index contributed by atoms with van der Waals surface area (Å²) in [5.41, 5.74) is 0.954. The van der Waals surface area contributed by atoms with Crippen LogP contribution < -0.4 is 0 Å². The lowest BCUT2D eigenvalue weighted by atomic mass is 9.75. The van der Waals surface area contributed by atoms with Crippen molar-refractivity contribution in [2.45, 2.75) is 63.6 Å². The Hall–Kier alpha value is -1.62. The number of furan rings is 1.